The van der Waals surface area contributed by atoms with Crippen LogP contribution in [0.3, 0.4) is 0 Å². The highest BCUT2D eigenvalue weighted by Crippen LogP contribution is 2.39. The highest BCUT2D eigenvalue weighted by molar-refractivity contribution is 6.32. The Labute approximate surface area is 185 Å². The quantitative estimate of drug-likeness (QED) is 0.596. The third kappa shape index (κ3) is 3.81. The van der Waals surface area contributed by atoms with E-state index in [0.717, 1.165) is 36.8 Å². The number of methoxy groups -OCH3 is 1. The summed E-state index contributed by atoms with van der Waals surface area (Å²) < 4.78 is 19.2. The van der Waals surface area contributed by atoms with Gasteiger partial charge in [-0.15, -0.1) is 0 Å². The molecule has 2 aliphatic rings. The van der Waals surface area contributed by atoms with Gasteiger partial charge < -0.3 is 28.6 Å². The minimum Gasteiger partial charge on any atom is -0.488 e. The predicted octanol–water partition coefficient (Wildman–Crippen LogP) is 3.06. The number of fused-ring (bicyclic) bond motifs is 1. The van der Waals surface area contributed by atoms with Crippen LogP contribution >= 0.6 is 11.6 Å². The van der Waals surface area contributed by atoms with Crippen LogP contribution in [0.25, 0.3) is 0 Å². The van der Waals surface area contributed by atoms with Gasteiger partial charge in [0, 0.05) is 38.5 Å². The van der Waals surface area contributed by atoms with Gasteiger partial charge in [-0.25, -0.2) is 15.0 Å². The fraction of sp³-hybridized carbons (Fsp3) is 0.381. The fourth-order valence-corrected chi connectivity index (χ4v) is 4.23. The van der Waals surface area contributed by atoms with Crippen LogP contribution in [-0.4, -0.2) is 59.0 Å². The number of hydrogen-bond acceptors (Lipinski definition) is 8. The molecule has 0 radical (unpaired) electrons. The summed E-state index contributed by atoms with van der Waals surface area (Å²) in [5.41, 5.74) is 1.73. The summed E-state index contributed by atoms with van der Waals surface area (Å²) in [5.74, 6) is 2.62. The number of hydrogen-bond donors (Lipinski definition) is 0. The molecular formula is C21H23ClN6O3. The van der Waals surface area contributed by atoms with E-state index in [-0.39, 0.29) is 6.10 Å². The smallest absolute Gasteiger partial charge is 0.232 e. The molecule has 9 nitrogen and oxygen atoms in total. The predicted molar refractivity (Wildman–Crippen MR) is 117 cm³/mol. The summed E-state index contributed by atoms with van der Waals surface area (Å²) in [5, 5.41) is 0.457. The number of pyridine rings is 2. The Kier molecular flexibility index (Phi) is 5.19. The molecule has 31 heavy (non-hydrogen) atoms. The lowest BCUT2D eigenvalue weighted by atomic mass is 10.2. The number of anilines is 3. The number of halogens is 1. The van der Waals surface area contributed by atoms with E-state index in [0.29, 0.717) is 35.7 Å². The molecule has 0 aromatic carbocycles. The molecule has 5 rings (SSSR count). The van der Waals surface area contributed by atoms with Gasteiger partial charge in [-0.2, -0.15) is 0 Å². The molecule has 1 fully saturated rings. The van der Waals surface area contributed by atoms with Crippen molar-refractivity contribution in [1.29, 1.82) is 0 Å². The highest BCUT2D eigenvalue weighted by atomic mass is 35.5. The maximum Gasteiger partial charge on any atom is 0.232 e. The van der Waals surface area contributed by atoms with Gasteiger partial charge in [-0.3, -0.25) is 0 Å². The maximum absolute atomic E-state index is 6.29. The van der Waals surface area contributed by atoms with E-state index in [4.69, 9.17) is 25.8 Å². The Morgan fingerprint density at radius 3 is 2.84 bits per heavy atom. The van der Waals surface area contributed by atoms with E-state index in [1.807, 2.05) is 36.1 Å². The summed E-state index contributed by atoms with van der Waals surface area (Å²) >= 11 is 6.29. The zero-order valence-electron chi connectivity index (χ0n) is 17.4. The lowest BCUT2D eigenvalue weighted by molar-refractivity contribution is 0.214. The number of imidazole rings is 1. The zero-order valence-corrected chi connectivity index (χ0v) is 18.1. The monoisotopic (exact) mass is 442 g/mol. The van der Waals surface area contributed by atoms with E-state index in [9.17, 15) is 0 Å². The molecule has 1 saturated heterocycles. The molecule has 0 saturated carbocycles. The van der Waals surface area contributed by atoms with Gasteiger partial charge in [0.2, 0.25) is 17.7 Å². The molecule has 0 unspecified atom stereocenters. The first kappa shape index (κ1) is 19.7. The molecular weight excluding hydrogens is 420 g/mol. The second-order valence-electron chi connectivity index (χ2n) is 7.49. The van der Waals surface area contributed by atoms with Crippen LogP contribution in [0.2, 0.25) is 5.02 Å². The summed E-state index contributed by atoms with van der Waals surface area (Å²) in [6, 6.07) is 3.75. The average molecular weight is 443 g/mol. The third-order valence-corrected chi connectivity index (χ3v) is 5.76. The van der Waals surface area contributed by atoms with Crippen LogP contribution in [0.5, 0.6) is 17.5 Å². The lowest BCUT2D eigenvalue weighted by Gasteiger charge is -2.31. The van der Waals surface area contributed by atoms with Crippen LogP contribution in [0.1, 0.15) is 6.42 Å². The van der Waals surface area contributed by atoms with E-state index in [2.05, 4.69) is 24.8 Å². The van der Waals surface area contributed by atoms with Gasteiger partial charge in [0.1, 0.15) is 17.7 Å². The van der Waals surface area contributed by atoms with E-state index < -0.39 is 0 Å². The number of ether oxygens (including phenoxy) is 3. The first-order valence-corrected chi connectivity index (χ1v) is 10.5. The Morgan fingerprint density at radius 1 is 1.16 bits per heavy atom. The lowest BCUT2D eigenvalue weighted by Crippen LogP contribution is -2.29. The zero-order chi connectivity index (χ0) is 21.4. The van der Waals surface area contributed by atoms with Crippen molar-refractivity contribution in [2.75, 3.05) is 43.2 Å². The average Bonchev–Trinajstić information content (AvgIpc) is 3.41. The van der Waals surface area contributed by atoms with Crippen molar-refractivity contribution in [2.24, 2.45) is 7.05 Å². The van der Waals surface area contributed by atoms with Crippen molar-refractivity contribution in [1.82, 2.24) is 19.5 Å². The van der Waals surface area contributed by atoms with Crippen molar-refractivity contribution < 1.29 is 14.2 Å². The molecule has 2 aliphatic heterocycles. The molecule has 0 bridgehead atoms. The normalized spacial score (nSPS) is 18.0. The summed E-state index contributed by atoms with van der Waals surface area (Å²) in [7, 11) is 3.54. The first-order chi connectivity index (χ1) is 15.1. The fourth-order valence-electron chi connectivity index (χ4n) is 3.99. The second kappa shape index (κ2) is 8.14. The van der Waals surface area contributed by atoms with Crippen molar-refractivity contribution >= 4 is 28.9 Å². The van der Waals surface area contributed by atoms with Crippen LogP contribution in [0, 0.1) is 0 Å². The van der Waals surface area contributed by atoms with Crippen LogP contribution in [0.4, 0.5) is 17.3 Å². The Balaban J connectivity index is 1.35. The maximum atomic E-state index is 6.29. The Morgan fingerprint density at radius 2 is 2.06 bits per heavy atom. The SMILES string of the molecule is COc1ncc(N2CCOc3cnc(O[C@H]4CCN(c5nccn5C)C4)cc32)cc1Cl. The van der Waals surface area contributed by atoms with Crippen LogP contribution < -0.4 is 24.0 Å². The molecule has 0 spiro atoms. The number of aromatic nitrogens is 4. The van der Waals surface area contributed by atoms with Crippen LogP contribution in [0.15, 0.2) is 36.9 Å². The molecule has 5 heterocycles. The molecule has 1 atom stereocenters. The molecule has 10 heteroatoms. The first-order valence-electron chi connectivity index (χ1n) is 10.1. The van der Waals surface area contributed by atoms with E-state index in [1.54, 1.807) is 19.5 Å². The minimum atomic E-state index is 0.0392. The van der Waals surface area contributed by atoms with E-state index in [1.165, 1.54) is 0 Å². The highest BCUT2D eigenvalue weighted by Gasteiger charge is 2.28. The van der Waals surface area contributed by atoms with Gasteiger partial charge in [0.05, 0.1) is 44.0 Å². The second-order valence-corrected chi connectivity index (χ2v) is 7.89. The summed E-state index contributed by atoms with van der Waals surface area (Å²) in [6.07, 6.45) is 8.15. The largest absolute Gasteiger partial charge is 0.488 e. The van der Waals surface area contributed by atoms with Gasteiger partial charge in [0.25, 0.3) is 0 Å². The number of aryl methyl sites for hydroxylation is 1. The summed E-state index contributed by atoms with van der Waals surface area (Å²) in [4.78, 5) is 17.5. The molecule has 3 aromatic heterocycles. The number of rotatable bonds is 5. The molecule has 3 aromatic rings. The Hall–Kier alpha value is -3.20. The van der Waals surface area contributed by atoms with Crippen molar-refractivity contribution in [3.05, 3.63) is 41.9 Å². The molecule has 0 N–H and O–H groups in total. The molecule has 162 valence electrons. The molecule has 0 aliphatic carbocycles. The standard InChI is InChI=1S/C21H23ClN6O3/c1-26-6-4-23-21(26)27-5-3-15(13-27)31-19-10-17-18(12-24-19)30-8-7-28(17)14-9-16(22)20(29-2)25-11-14/h4,6,9-12,15H,3,5,7-8,13H2,1-2H3/t15-/m0/s1. The van der Waals surface area contributed by atoms with Crippen molar-refractivity contribution in [3.63, 3.8) is 0 Å². The van der Waals surface area contributed by atoms with Crippen molar-refractivity contribution in [3.8, 4) is 17.5 Å². The van der Waals surface area contributed by atoms with Gasteiger partial charge in [-0.1, -0.05) is 11.6 Å². The molecule has 0 amide bonds. The Bertz CT molecular complexity index is 1090. The van der Waals surface area contributed by atoms with Crippen molar-refractivity contribution in [2.45, 2.75) is 12.5 Å². The van der Waals surface area contributed by atoms with E-state index >= 15 is 0 Å². The third-order valence-electron chi connectivity index (χ3n) is 5.49. The minimum absolute atomic E-state index is 0.0392. The van der Waals surface area contributed by atoms with Crippen LogP contribution in [-0.2, 0) is 7.05 Å². The van der Waals surface area contributed by atoms with Gasteiger partial charge >= 0.3 is 0 Å². The topological polar surface area (TPSA) is 77.8 Å². The van der Waals surface area contributed by atoms with Gasteiger partial charge in [0.15, 0.2) is 5.75 Å². The van der Waals surface area contributed by atoms with Gasteiger partial charge in [-0.05, 0) is 6.07 Å². The summed E-state index contributed by atoms with van der Waals surface area (Å²) in [6.45, 7) is 2.87. The number of nitrogens with zero attached hydrogens (tertiary/aromatic N) is 6.